The summed E-state index contributed by atoms with van der Waals surface area (Å²) in [4.78, 5) is 48.1. The Bertz CT molecular complexity index is 713. The number of thiophene rings is 1. The Morgan fingerprint density at radius 1 is 1.15 bits per heavy atom. The van der Waals surface area contributed by atoms with E-state index >= 15 is 0 Å². The van der Waals surface area contributed by atoms with E-state index in [0.717, 1.165) is 42.5 Å². The number of fused-ring (bicyclic) bond motifs is 1. The number of anilines is 1. The zero-order valence-electron chi connectivity index (χ0n) is 14.9. The molecule has 0 fully saturated rings. The maximum atomic E-state index is 12.5. The lowest BCUT2D eigenvalue weighted by atomic mass is 9.95. The van der Waals surface area contributed by atoms with Crippen LogP contribution in [0.25, 0.3) is 0 Å². The van der Waals surface area contributed by atoms with Gasteiger partial charge in [-0.05, 0) is 37.7 Å². The van der Waals surface area contributed by atoms with Crippen LogP contribution >= 0.6 is 11.3 Å². The van der Waals surface area contributed by atoms with E-state index in [1.54, 1.807) is 0 Å². The molecule has 1 heterocycles. The fourth-order valence-corrected chi connectivity index (χ4v) is 4.00. The molecule has 0 radical (unpaired) electrons. The summed E-state index contributed by atoms with van der Waals surface area (Å²) < 4.78 is 5.07. The molecule has 1 aliphatic rings. The highest BCUT2D eigenvalue weighted by atomic mass is 32.1. The van der Waals surface area contributed by atoms with Gasteiger partial charge in [0.1, 0.15) is 5.00 Å². The van der Waals surface area contributed by atoms with Gasteiger partial charge >= 0.3 is 12.0 Å². The van der Waals surface area contributed by atoms with Crippen molar-refractivity contribution in [2.24, 2.45) is 0 Å². The van der Waals surface area contributed by atoms with Gasteiger partial charge in [0.15, 0.2) is 6.61 Å². The minimum absolute atomic E-state index is 0.275. The van der Waals surface area contributed by atoms with Crippen molar-refractivity contribution in [1.82, 2.24) is 10.6 Å². The van der Waals surface area contributed by atoms with Gasteiger partial charge in [0.05, 0.1) is 5.56 Å². The Morgan fingerprint density at radius 2 is 1.88 bits per heavy atom. The minimum atomic E-state index is -0.711. The molecule has 4 amide bonds. The number of carbonyl (C=O) groups excluding carboxylic acids is 4. The first-order valence-electron chi connectivity index (χ1n) is 8.59. The van der Waals surface area contributed by atoms with E-state index in [4.69, 9.17) is 4.74 Å². The summed E-state index contributed by atoms with van der Waals surface area (Å²) in [6, 6.07) is -0.625. The predicted molar refractivity (Wildman–Crippen MR) is 97.4 cm³/mol. The zero-order valence-corrected chi connectivity index (χ0v) is 15.7. The molecule has 1 aromatic heterocycles. The largest absolute Gasteiger partial charge is 0.452 e. The maximum Gasteiger partial charge on any atom is 0.341 e. The molecule has 0 saturated carbocycles. The molecule has 142 valence electrons. The number of esters is 1. The molecule has 0 atom stereocenters. The van der Waals surface area contributed by atoms with Gasteiger partial charge in [0.2, 0.25) is 5.91 Å². The van der Waals surface area contributed by atoms with E-state index in [-0.39, 0.29) is 5.91 Å². The molecule has 26 heavy (non-hydrogen) atoms. The molecule has 1 aliphatic carbocycles. The van der Waals surface area contributed by atoms with E-state index in [9.17, 15) is 19.2 Å². The highest BCUT2D eigenvalue weighted by Crippen LogP contribution is 2.38. The van der Waals surface area contributed by atoms with E-state index in [0.29, 0.717) is 17.1 Å². The van der Waals surface area contributed by atoms with Crippen molar-refractivity contribution in [3.05, 3.63) is 16.0 Å². The molecule has 9 heteroatoms. The number of hydrogen-bond acceptors (Lipinski definition) is 6. The van der Waals surface area contributed by atoms with E-state index < -0.39 is 24.5 Å². The molecular weight excluding hydrogens is 358 g/mol. The quantitative estimate of drug-likeness (QED) is 0.652. The Hall–Kier alpha value is -2.42. The third kappa shape index (κ3) is 5.29. The van der Waals surface area contributed by atoms with Gasteiger partial charge < -0.3 is 15.4 Å². The van der Waals surface area contributed by atoms with Crippen molar-refractivity contribution in [2.75, 3.05) is 18.5 Å². The van der Waals surface area contributed by atoms with Crippen LogP contribution in [-0.4, -0.2) is 37.0 Å². The monoisotopic (exact) mass is 381 g/mol. The molecule has 0 spiro atoms. The first-order valence-corrected chi connectivity index (χ1v) is 9.41. The van der Waals surface area contributed by atoms with Crippen LogP contribution in [0.3, 0.4) is 0 Å². The van der Waals surface area contributed by atoms with Crippen LogP contribution in [0.2, 0.25) is 0 Å². The second-order valence-corrected chi connectivity index (χ2v) is 7.08. The van der Waals surface area contributed by atoms with Crippen molar-refractivity contribution in [2.45, 2.75) is 46.0 Å². The van der Waals surface area contributed by atoms with Gasteiger partial charge in [-0.2, -0.15) is 0 Å². The number of rotatable bonds is 6. The SMILES string of the molecule is CCCNC(=O)NC(=O)COC(=O)c1c(NC(C)=O)sc2c1CCCC2. The van der Waals surface area contributed by atoms with Crippen molar-refractivity contribution >= 4 is 40.2 Å². The van der Waals surface area contributed by atoms with Crippen LogP contribution in [-0.2, 0) is 27.2 Å². The van der Waals surface area contributed by atoms with Gasteiger partial charge in [0.25, 0.3) is 5.91 Å². The predicted octanol–water partition coefficient (Wildman–Crippen LogP) is 1.98. The van der Waals surface area contributed by atoms with Gasteiger partial charge in [-0.25, -0.2) is 9.59 Å². The summed E-state index contributed by atoms with van der Waals surface area (Å²) in [7, 11) is 0. The Morgan fingerprint density at radius 3 is 2.58 bits per heavy atom. The normalized spacial score (nSPS) is 12.7. The van der Waals surface area contributed by atoms with E-state index in [1.807, 2.05) is 6.92 Å². The molecule has 3 N–H and O–H groups in total. The van der Waals surface area contributed by atoms with E-state index in [2.05, 4.69) is 16.0 Å². The lowest BCUT2D eigenvalue weighted by molar-refractivity contribution is -0.123. The Labute approximate surface area is 155 Å². The molecule has 0 unspecified atom stereocenters. The highest BCUT2D eigenvalue weighted by molar-refractivity contribution is 7.17. The minimum Gasteiger partial charge on any atom is -0.452 e. The van der Waals surface area contributed by atoms with Crippen LogP contribution < -0.4 is 16.0 Å². The first-order chi connectivity index (χ1) is 12.4. The highest BCUT2D eigenvalue weighted by Gasteiger charge is 2.27. The topological polar surface area (TPSA) is 114 Å². The fraction of sp³-hybridized carbons (Fsp3) is 0.529. The number of aryl methyl sites for hydroxylation is 1. The number of amides is 4. The van der Waals surface area contributed by atoms with E-state index in [1.165, 1.54) is 18.3 Å². The fourth-order valence-electron chi connectivity index (χ4n) is 2.68. The van der Waals surface area contributed by atoms with Crippen LogP contribution in [0.15, 0.2) is 0 Å². The van der Waals surface area contributed by atoms with Gasteiger partial charge in [0, 0.05) is 18.3 Å². The summed E-state index contributed by atoms with van der Waals surface area (Å²) in [6.45, 7) is 3.14. The number of urea groups is 1. The number of carbonyl (C=O) groups is 4. The van der Waals surface area contributed by atoms with Crippen LogP contribution in [0.1, 0.15) is 53.9 Å². The van der Waals surface area contributed by atoms with Crippen molar-refractivity contribution < 1.29 is 23.9 Å². The molecule has 2 rings (SSSR count). The van der Waals surface area contributed by atoms with Crippen molar-refractivity contribution in [3.8, 4) is 0 Å². The van der Waals surface area contributed by atoms with Crippen LogP contribution in [0.5, 0.6) is 0 Å². The van der Waals surface area contributed by atoms with Gasteiger partial charge in [-0.1, -0.05) is 6.92 Å². The van der Waals surface area contributed by atoms with Gasteiger partial charge in [-0.3, -0.25) is 14.9 Å². The van der Waals surface area contributed by atoms with Crippen molar-refractivity contribution in [3.63, 3.8) is 0 Å². The molecular formula is C17H23N3O5S. The Balaban J connectivity index is 2.02. The molecule has 0 bridgehead atoms. The molecule has 0 aromatic carbocycles. The molecule has 0 saturated heterocycles. The number of nitrogens with one attached hydrogen (secondary N) is 3. The average molecular weight is 381 g/mol. The number of imide groups is 1. The summed E-state index contributed by atoms with van der Waals surface area (Å²) in [5, 5.41) is 7.71. The average Bonchev–Trinajstić information content (AvgIpc) is 2.94. The number of ether oxygens (including phenoxy) is 1. The lowest BCUT2D eigenvalue weighted by Crippen LogP contribution is -2.41. The van der Waals surface area contributed by atoms with Crippen LogP contribution in [0.4, 0.5) is 9.80 Å². The Kier molecular flexibility index (Phi) is 7.14. The van der Waals surface area contributed by atoms with Crippen LogP contribution in [0, 0.1) is 0 Å². The molecule has 8 nitrogen and oxygen atoms in total. The summed E-state index contributed by atoms with van der Waals surface area (Å²) >= 11 is 1.38. The molecule has 0 aliphatic heterocycles. The first kappa shape index (κ1) is 19.9. The van der Waals surface area contributed by atoms with Crippen molar-refractivity contribution in [1.29, 1.82) is 0 Å². The third-order valence-corrected chi connectivity index (χ3v) is 5.00. The number of hydrogen-bond donors (Lipinski definition) is 3. The summed E-state index contributed by atoms with van der Waals surface area (Å²) in [5.74, 6) is -1.66. The second-order valence-electron chi connectivity index (χ2n) is 5.98. The standard InChI is InChI=1S/C17H23N3O5S/c1-3-8-18-17(24)20-13(22)9-25-16(23)14-11-6-4-5-7-12(11)26-15(14)19-10(2)21/h3-9H2,1-2H3,(H,19,21)(H2,18,20,22,24). The third-order valence-electron chi connectivity index (χ3n) is 3.79. The second kappa shape index (κ2) is 9.33. The maximum absolute atomic E-state index is 12.5. The molecule has 1 aromatic rings. The summed E-state index contributed by atoms with van der Waals surface area (Å²) in [5.41, 5.74) is 1.21. The summed E-state index contributed by atoms with van der Waals surface area (Å²) in [6.07, 6.45) is 4.34. The zero-order chi connectivity index (χ0) is 19.1. The van der Waals surface area contributed by atoms with Gasteiger partial charge in [-0.15, -0.1) is 11.3 Å². The lowest BCUT2D eigenvalue weighted by Gasteiger charge is -2.12. The smallest absolute Gasteiger partial charge is 0.341 e.